The normalized spacial score (nSPS) is 14.6. The number of aryl methyl sites for hydroxylation is 1. The molecule has 2 aromatic rings. The minimum absolute atomic E-state index is 0.0462. The van der Waals surface area contributed by atoms with Gasteiger partial charge in [-0.25, -0.2) is 9.37 Å². The van der Waals surface area contributed by atoms with Crippen molar-refractivity contribution in [1.82, 2.24) is 9.97 Å². The molecule has 0 atom stereocenters. The molecular weight excluding hydrogens is 291 g/mol. The highest BCUT2D eigenvalue weighted by molar-refractivity contribution is 6.31. The van der Waals surface area contributed by atoms with E-state index in [-0.39, 0.29) is 11.4 Å². The van der Waals surface area contributed by atoms with Gasteiger partial charge in [-0.1, -0.05) is 24.1 Å². The summed E-state index contributed by atoms with van der Waals surface area (Å²) in [6.07, 6.45) is 5.30. The van der Waals surface area contributed by atoms with Crippen molar-refractivity contribution in [2.45, 2.75) is 38.5 Å². The van der Waals surface area contributed by atoms with E-state index in [2.05, 4.69) is 9.97 Å². The average molecular weight is 307 g/mol. The summed E-state index contributed by atoms with van der Waals surface area (Å²) in [5.74, 6) is 0.223. The van der Waals surface area contributed by atoms with Crippen molar-refractivity contribution < 1.29 is 4.39 Å². The molecule has 1 aromatic carbocycles. The number of nitrogens with zero attached hydrogens (tertiary/aromatic N) is 1. The van der Waals surface area contributed by atoms with Crippen molar-refractivity contribution in [1.29, 1.82) is 0 Å². The zero-order chi connectivity index (χ0) is 14.8. The molecule has 0 aliphatic heterocycles. The van der Waals surface area contributed by atoms with Gasteiger partial charge in [-0.05, 0) is 43.4 Å². The zero-order valence-electron chi connectivity index (χ0n) is 11.6. The van der Waals surface area contributed by atoms with Crippen molar-refractivity contribution in [3.63, 3.8) is 0 Å². The van der Waals surface area contributed by atoms with Crippen molar-refractivity contribution >= 4 is 11.6 Å². The second-order valence-electron chi connectivity index (χ2n) is 5.41. The van der Waals surface area contributed by atoms with Crippen LogP contribution in [0.25, 0.3) is 0 Å². The zero-order valence-corrected chi connectivity index (χ0v) is 12.3. The van der Waals surface area contributed by atoms with Gasteiger partial charge in [-0.15, -0.1) is 0 Å². The SMILES string of the molecule is O=c1[nH]c(Cc2ccc(F)cc2Cl)nc2c1CCCCC2. The summed E-state index contributed by atoms with van der Waals surface area (Å²) >= 11 is 6.03. The monoisotopic (exact) mass is 306 g/mol. The summed E-state index contributed by atoms with van der Waals surface area (Å²) in [6.45, 7) is 0. The highest BCUT2D eigenvalue weighted by atomic mass is 35.5. The number of hydrogen-bond donors (Lipinski definition) is 1. The molecule has 0 unspecified atom stereocenters. The molecule has 3 nitrogen and oxygen atoms in total. The average Bonchev–Trinajstić information content (AvgIpc) is 2.68. The number of hydrogen-bond acceptors (Lipinski definition) is 2. The van der Waals surface area contributed by atoms with Crippen molar-refractivity contribution in [3.05, 3.63) is 62.0 Å². The fourth-order valence-corrected chi connectivity index (χ4v) is 2.99. The van der Waals surface area contributed by atoms with Crippen LogP contribution in [-0.2, 0) is 19.3 Å². The van der Waals surface area contributed by atoms with Crippen molar-refractivity contribution in [3.8, 4) is 0 Å². The Kier molecular flexibility index (Phi) is 4.06. The molecule has 0 amide bonds. The highest BCUT2D eigenvalue weighted by Gasteiger charge is 2.15. The summed E-state index contributed by atoms with van der Waals surface area (Å²) in [5, 5.41) is 0.354. The number of benzene rings is 1. The second kappa shape index (κ2) is 5.98. The van der Waals surface area contributed by atoms with Crippen LogP contribution < -0.4 is 5.56 Å². The van der Waals surface area contributed by atoms with Crippen LogP contribution in [0.15, 0.2) is 23.0 Å². The molecule has 0 fully saturated rings. The van der Waals surface area contributed by atoms with Gasteiger partial charge in [0.25, 0.3) is 5.56 Å². The van der Waals surface area contributed by atoms with Gasteiger partial charge in [0.1, 0.15) is 11.6 Å². The third-order valence-corrected chi connectivity index (χ3v) is 4.22. The van der Waals surface area contributed by atoms with Crippen LogP contribution >= 0.6 is 11.6 Å². The van der Waals surface area contributed by atoms with Gasteiger partial charge in [0.2, 0.25) is 0 Å². The van der Waals surface area contributed by atoms with Crippen LogP contribution in [0.5, 0.6) is 0 Å². The summed E-state index contributed by atoms with van der Waals surface area (Å²) in [6, 6.07) is 4.27. The Morgan fingerprint density at radius 3 is 2.86 bits per heavy atom. The maximum atomic E-state index is 13.1. The Bertz CT molecular complexity index is 727. The van der Waals surface area contributed by atoms with Crippen LogP contribution in [-0.4, -0.2) is 9.97 Å². The number of rotatable bonds is 2. The molecule has 0 radical (unpaired) electrons. The molecule has 0 saturated heterocycles. The Balaban J connectivity index is 1.94. The van der Waals surface area contributed by atoms with E-state index >= 15 is 0 Å². The van der Waals surface area contributed by atoms with Gasteiger partial charge >= 0.3 is 0 Å². The fourth-order valence-electron chi connectivity index (χ4n) is 2.76. The van der Waals surface area contributed by atoms with Crippen LogP contribution in [0, 0.1) is 5.82 Å². The van der Waals surface area contributed by atoms with Gasteiger partial charge in [-0.3, -0.25) is 4.79 Å². The molecule has 1 heterocycles. The fraction of sp³-hybridized carbons (Fsp3) is 0.375. The predicted molar refractivity (Wildman–Crippen MR) is 80.3 cm³/mol. The smallest absolute Gasteiger partial charge is 0.254 e. The quantitative estimate of drug-likeness (QED) is 0.864. The van der Waals surface area contributed by atoms with Gasteiger partial charge < -0.3 is 4.98 Å². The maximum absolute atomic E-state index is 13.1. The third-order valence-electron chi connectivity index (χ3n) is 3.86. The Morgan fingerprint density at radius 1 is 1.24 bits per heavy atom. The first-order valence-corrected chi connectivity index (χ1v) is 7.56. The van der Waals surface area contributed by atoms with Crippen LogP contribution in [0.1, 0.15) is 41.9 Å². The first kappa shape index (κ1) is 14.3. The van der Waals surface area contributed by atoms with E-state index in [0.29, 0.717) is 17.3 Å². The first-order valence-electron chi connectivity index (χ1n) is 7.18. The lowest BCUT2D eigenvalue weighted by Gasteiger charge is -2.08. The van der Waals surface area contributed by atoms with Crippen LogP contribution in [0.3, 0.4) is 0 Å². The van der Waals surface area contributed by atoms with E-state index < -0.39 is 0 Å². The molecule has 1 aromatic heterocycles. The largest absolute Gasteiger partial charge is 0.310 e. The lowest BCUT2D eigenvalue weighted by Crippen LogP contribution is -2.20. The number of H-pyrrole nitrogens is 1. The van der Waals surface area contributed by atoms with E-state index in [0.717, 1.165) is 48.9 Å². The molecule has 21 heavy (non-hydrogen) atoms. The Hall–Kier alpha value is -1.68. The Labute approximate surface area is 127 Å². The molecule has 1 aliphatic rings. The van der Waals surface area contributed by atoms with Crippen LogP contribution in [0.4, 0.5) is 4.39 Å². The highest BCUT2D eigenvalue weighted by Crippen LogP contribution is 2.20. The van der Waals surface area contributed by atoms with E-state index in [9.17, 15) is 9.18 Å². The lowest BCUT2D eigenvalue weighted by atomic mass is 10.1. The minimum atomic E-state index is -0.368. The van der Waals surface area contributed by atoms with Crippen molar-refractivity contribution in [2.24, 2.45) is 0 Å². The van der Waals surface area contributed by atoms with Gasteiger partial charge in [0.05, 0.1) is 5.69 Å². The van der Waals surface area contributed by atoms with Crippen molar-refractivity contribution in [2.75, 3.05) is 0 Å². The van der Waals surface area contributed by atoms with E-state index in [1.54, 1.807) is 6.07 Å². The lowest BCUT2D eigenvalue weighted by molar-refractivity contribution is 0.627. The molecule has 3 rings (SSSR count). The molecule has 110 valence electrons. The van der Waals surface area contributed by atoms with Gasteiger partial charge in [0.15, 0.2) is 0 Å². The molecular formula is C16H16ClFN2O. The minimum Gasteiger partial charge on any atom is -0.310 e. The number of fused-ring (bicyclic) bond motifs is 1. The van der Waals surface area contributed by atoms with Crippen LogP contribution in [0.2, 0.25) is 5.02 Å². The number of aromatic nitrogens is 2. The van der Waals surface area contributed by atoms with E-state index in [1.807, 2.05) is 0 Å². The second-order valence-corrected chi connectivity index (χ2v) is 5.82. The molecule has 1 N–H and O–H groups in total. The molecule has 1 aliphatic carbocycles. The maximum Gasteiger partial charge on any atom is 0.254 e. The predicted octanol–water partition coefficient (Wildman–Crippen LogP) is 3.42. The van der Waals surface area contributed by atoms with Gasteiger partial charge in [-0.2, -0.15) is 0 Å². The summed E-state index contributed by atoms with van der Waals surface area (Å²) < 4.78 is 13.1. The number of aromatic amines is 1. The number of halogens is 2. The molecule has 0 bridgehead atoms. The number of nitrogens with one attached hydrogen (secondary N) is 1. The summed E-state index contributed by atoms with van der Waals surface area (Å²) in [5.41, 5.74) is 2.44. The molecule has 0 spiro atoms. The summed E-state index contributed by atoms with van der Waals surface area (Å²) in [7, 11) is 0. The van der Waals surface area contributed by atoms with Gasteiger partial charge in [0, 0.05) is 17.0 Å². The summed E-state index contributed by atoms with van der Waals surface area (Å²) in [4.78, 5) is 19.6. The Morgan fingerprint density at radius 2 is 2.05 bits per heavy atom. The molecule has 0 saturated carbocycles. The van der Waals surface area contributed by atoms with E-state index in [1.165, 1.54) is 12.1 Å². The molecule has 5 heteroatoms. The van der Waals surface area contributed by atoms with E-state index in [4.69, 9.17) is 11.6 Å². The first-order chi connectivity index (χ1) is 10.1. The standard InChI is InChI=1S/C16H16ClFN2O/c17-13-9-11(18)7-6-10(13)8-15-19-14-5-3-1-2-4-12(14)16(21)20-15/h6-7,9H,1-5,8H2,(H,19,20,21). The topological polar surface area (TPSA) is 45.8 Å². The third kappa shape index (κ3) is 3.16.